The molecule has 0 aliphatic rings. The SMILES string of the molecule is N#Cc1ccc(C(O)C(=O)c2ccccc2)c(Cl)c1. The summed E-state index contributed by atoms with van der Waals surface area (Å²) in [6.45, 7) is 0. The third-order valence-electron chi connectivity index (χ3n) is 2.73. The minimum Gasteiger partial charge on any atom is -0.380 e. The molecule has 0 aromatic heterocycles. The molecule has 1 atom stereocenters. The van der Waals surface area contributed by atoms with E-state index in [2.05, 4.69) is 0 Å². The van der Waals surface area contributed by atoms with Crippen molar-refractivity contribution in [2.24, 2.45) is 0 Å². The Labute approximate surface area is 115 Å². The van der Waals surface area contributed by atoms with Gasteiger partial charge >= 0.3 is 0 Å². The maximum atomic E-state index is 12.1. The predicted molar refractivity (Wildman–Crippen MR) is 71.9 cm³/mol. The maximum absolute atomic E-state index is 12.1. The first-order valence-electron chi connectivity index (χ1n) is 5.60. The van der Waals surface area contributed by atoms with Crippen LogP contribution in [0.2, 0.25) is 5.02 Å². The van der Waals surface area contributed by atoms with Crippen molar-refractivity contribution in [1.29, 1.82) is 5.26 Å². The van der Waals surface area contributed by atoms with Gasteiger partial charge in [0.1, 0.15) is 6.10 Å². The molecule has 0 saturated carbocycles. The normalized spacial score (nSPS) is 11.6. The van der Waals surface area contributed by atoms with Gasteiger partial charge < -0.3 is 5.11 Å². The van der Waals surface area contributed by atoms with E-state index in [0.717, 1.165) is 0 Å². The molecule has 1 unspecified atom stereocenters. The van der Waals surface area contributed by atoms with Gasteiger partial charge in [-0.3, -0.25) is 4.79 Å². The molecular weight excluding hydrogens is 262 g/mol. The van der Waals surface area contributed by atoms with Crippen molar-refractivity contribution < 1.29 is 9.90 Å². The molecule has 0 fully saturated rings. The molecule has 0 bridgehead atoms. The van der Waals surface area contributed by atoms with Gasteiger partial charge in [0.05, 0.1) is 11.6 Å². The summed E-state index contributed by atoms with van der Waals surface area (Å²) in [6.07, 6.45) is -1.33. The summed E-state index contributed by atoms with van der Waals surface area (Å²) in [5.74, 6) is -0.424. The number of carbonyl (C=O) groups excluding carboxylic acids is 1. The monoisotopic (exact) mass is 271 g/mol. The van der Waals surface area contributed by atoms with Crippen LogP contribution in [-0.2, 0) is 0 Å². The number of rotatable bonds is 3. The smallest absolute Gasteiger partial charge is 0.195 e. The minimum absolute atomic E-state index is 0.204. The summed E-state index contributed by atoms with van der Waals surface area (Å²) in [5.41, 5.74) is 1.10. The summed E-state index contributed by atoms with van der Waals surface area (Å²) in [4.78, 5) is 12.1. The fourth-order valence-electron chi connectivity index (χ4n) is 1.72. The molecule has 2 aromatic carbocycles. The van der Waals surface area contributed by atoms with Gasteiger partial charge in [0.25, 0.3) is 0 Å². The molecule has 0 saturated heterocycles. The second kappa shape index (κ2) is 5.66. The van der Waals surface area contributed by atoms with E-state index in [-0.39, 0.29) is 5.02 Å². The number of Topliss-reactive ketones (excluding diaryl/α,β-unsaturated/α-hetero) is 1. The summed E-state index contributed by atoms with van der Waals surface area (Å²) in [7, 11) is 0. The quantitative estimate of drug-likeness (QED) is 0.873. The molecule has 2 rings (SSSR count). The van der Waals surface area contributed by atoms with Crippen LogP contribution in [0.5, 0.6) is 0 Å². The second-order valence-electron chi connectivity index (χ2n) is 3.98. The zero-order chi connectivity index (χ0) is 13.8. The van der Waals surface area contributed by atoms with E-state index < -0.39 is 11.9 Å². The van der Waals surface area contributed by atoms with Gasteiger partial charge in [-0.2, -0.15) is 5.26 Å². The molecule has 0 spiro atoms. The number of nitrogens with zero attached hydrogens (tertiary/aromatic N) is 1. The third-order valence-corrected chi connectivity index (χ3v) is 3.06. The van der Waals surface area contributed by atoms with Gasteiger partial charge in [-0.25, -0.2) is 0 Å². The first kappa shape index (κ1) is 13.3. The number of nitriles is 1. The van der Waals surface area contributed by atoms with Crippen LogP contribution >= 0.6 is 11.6 Å². The van der Waals surface area contributed by atoms with E-state index in [1.807, 2.05) is 6.07 Å². The molecule has 19 heavy (non-hydrogen) atoms. The lowest BCUT2D eigenvalue weighted by molar-refractivity contribution is 0.0747. The van der Waals surface area contributed by atoms with Crippen LogP contribution in [0.4, 0.5) is 0 Å². The van der Waals surface area contributed by atoms with E-state index in [1.54, 1.807) is 30.3 Å². The van der Waals surface area contributed by atoms with Crippen LogP contribution in [0.1, 0.15) is 27.6 Å². The van der Waals surface area contributed by atoms with Crippen LogP contribution in [0.15, 0.2) is 48.5 Å². The maximum Gasteiger partial charge on any atom is 0.195 e. The number of aliphatic hydroxyl groups excluding tert-OH is 1. The Morgan fingerprint density at radius 3 is 2.47 bits per heavy atom. The summed E-state index contributed by atoms with van der Waals surface area (Å²) in [6, 6.07) is 14.9. The van der Waals surface area contributed by atoms with Gasteiger partial charge in [0.15, 0.2) is 5.78 Å². The number of hydrogen-bond acceptors (Lipinski definition) is 3. The van der Waals surface area contributed by atoms with Gasteiger partial charge in [0, 0.05) is 16.1 Å². The number of hydrogen-bond donors (Lipinski definition) is 1. The average Bonchev–Trinajstić information content (AvgIpc) is 2.46. The number of halogens is 1. The number of aliphatic hydroxyl groups is 1. The molecule has 4 heteroatoms. The average molecular weight is 272 g/mol. The lowest BCUT2D eigenvalue weighted by atomic mass is 9.99. The Balaban J connectivity index is 2.33. The first-order chi connectivity index (χ1) is 9.13. The minimum atomic E-state index is -1.33. The Morgan fingerprint density at radius 2 is 1.89 bits per heavy atom. The van der Waals surface area contributed by atoms with E-state index >= 15 is 0 Å². The van der Waals surface area contributed by atoms with Crippen molar-refractivity contribution in [3.05, 3.63) is 70.2 Å². The van der Waals surface area contributed by atoms with Gasteiger partial charge in [0.2, 0.25) is 0 Å². The van der Waals surface area contributed by atoms with Crippen molar-refractivity contribution >= 4 is 17.4 Å². The Morgan fingerprint density at radius 1 is 1.21 bits per heavy atom. The summed E-state index contributed by atoms with van der Waals surface area (Å²) >= 11 is 5.97. The molecule has 0 heterocycles. The van der Waals surface area contributed by atoms with Crippen LogP contribution in [0.25, 0.3) is 0 Å². The van der Waals surface area contributed by atoms with E-state index in [0.29, 0.717) is 16.7 Å². The van der Waals surface area contributed by atoms with E-state index in [9.17, 15) is 9.90 Å². The van der Waals surface area contributed by atoms with E-state index in [4.69, 9.17) is 16.9 Å². The first-order valence-corrected chi connectivity index (χ1v) is 5.98. The Hall–Kier alpha value is -2.15. The van der Waals surface area contributed by atoms with Crippen LogP contribution in [-0.4, -0.2) is 10.9 Å². The molecule has 0 aliphatic heterocycles. The molecular formula is C15H10ClNO2. The Kier molecular flexibility index (Phi) is 3.96. The highest BCUT2D eigenvalue weighted by molar-refractivity contribution is 6.31. The molecule has 3 nitrogen and oxygen atoms in total. The molecule has 0 radical (unpaired) electrons. The van der Waals surface area contributed by atoms with Crippen molar-refractivity contribution in [2.45, 2.75) is 6.10 Å². The standard InChI is InChI=1S/C15H10ClNO2/c16-13-8-10(9-17)6-7-12(13)15(19)14(18)11-4-2-1-3-5-11/h1-8,15,19H. The summed E-state index contributed by atoms with van der Waals surface area (Å²) < 4.78 is 0. The predicted octanol–water partition coefficient (Wildman–Crippen LogP) is 3.13. The lowest BCUT2D eigenvalue weighted by Crippen LogP contribution is -2.12. The number of ketones is 1. The molecule has 2 aromatic rings. The fourth-order valence-corrected chi connectivity index (χ4v) is 2.00. The van der Waals surface area contributed by atoms with Crippen molar-refractivity contribution in [3.8, 4) is 6.07 Å². The second-order valence-corrected chi connectivity index (χ2v) is 4.39. The Bertz CT molecular complexity index is 647. The number of carbonyl (C=O) groups is 1. The van der Waals surface area contributed by atoms with Crippen molar-refractivity contribution in [1.82, 2.24) is 0 Å². The molecule has 1 N–H and O–H groups in total. The molecule has 94 valence electrons. The number of benzene rings is 2. The van der Waals surface area contributed by atoms with Crippen LogP contribution in [0, 0.1) is 11.3 Å². The zero-order valence-corrected chi connectivity index (χ0v) is 10.6. The van der Waals surface area contributed by atoms with Crippen LogP contribution in [0.3, 0.4) is 0 Å². The third kappa shape index (κ3) is 2.82. The fraction of sp³-hybridized carbons (Fsp3) is 0.0667. The van der Waals surface area contributed by atoms with Crippen molar-refractivity contribution in [2.75, 3.05) is 0 Å². The van der Waals surface area contributed by atoms with Gasteiger partial charge in [-0.15, -0.1) is 0 Å². The van der Waals surface area contributed by atoms with Gasteiger partial charge in [-0.05, 0) is 12.1 Å². The lowest BCUT2D eigenvalue weighted by Gasteiger charge is -2.11. The van der Waals surface area contributed by atoms with Crippen molar-refractivity contribution in [3.63, 3.8) is 0 Å². The molecule has 0 aliphatic carbocycles. The highest BCUT2D eigenvalue weighted by atomic mass is 35.5. The molecule has 0 amide bonds. The van der Waals surface area contributed by atoms with Crippen LogP contribution < -0.4 is 0 Å². The van der Waals surface area contributed by atoms with E-state index in [1.165, 1.54) is 18.2 Å². The zero-order valence-electron chi connectivity index (χ0n) is 9.88. The largest absolute Gasteiger partial charge is 0.380 e. The highest BCUT2D eigenvalue weighted by Crippen LogP contribution is 2.26. The van der Waals surface area contributed by atoms with Gasteiger partial charge in [-0.1, -0.05) is 48.0 Å². The summed E-state index contributed by atoms with van der Waals surface area (Å²) in [5, 5.41) is 19.0. The topological polar surface area (TPSA) is 61.1 Å². The highest BCUT2D eigenvalue weighted by Gasteiger charge is 2.21.